The second kappa shape index (κ2) is 7.91. The lowest BCUT2D eigenvalue weighted by atomic mass is 10.1. The third kappa shape index (κ3) is 4.33. The molecule has 0 atom stereocenters. The molecule has 1 aliphatic rings. The van der Waals surface area contributed by atoms with Crippen molar-refractivity contribution in [3.05, 3.63) is 53.6 Å². The van der Waals surface area contributed by atoms with Crippen molar-refractivity contribution in [1.29, 1.82) is 0 Å². The summed E-state index contributed by atoms with van der Waals surface area (Å²) in [4.78, 5) is 25.7. The number of hydrogen-bond donors (Lipinski definition) is 1. The lowest BCUT2D eigenvalue weighted by Crippen LogP contribution is -2.38. The molecule has 0 saturated heterocycles. The number of benzene rings is 2. The molecule has 0 bridgehead atoms. The van der Waals surface area contributed by atoms with E-state index in [4.69, 9.17) is 9.47 Å². The van der Waals surface area contributed by atoms with Gasteiger partial charge in [0, 0.05) is 31.8 Å². The van der Waals surface area contributed by atoms with E-state index in [-0.39, 0.29) is 18.6 Å². The van der Waals surface area contributed by atoms with Crippen molar-refractivity contribution in [3.8, 4) is 11.5 Å². The molecule has 2 amide bonds. The zero-order valence-electron chi connectivity index (χ0n) is 15.0. The minimum absolute atomic E-state index is 0.0666. The van der Waals surface area contributed by atoms with Crippen molar-refractivity contribution in [3.63, 3.8) is 0 Å². The summed E-state index contributed by atoms with van der Waals surface area (Å²) in [6.45, 7) is 4.45. The molecule has 1 heterocycles. The summed E-state index contributed by atoms with van der Waals surface area (Å²) < 4.78 is 10.6. The second-order valence-electron chi connectivity index (χ2n) is 6.22. The van der Waals surface area contributed by atoms with E-state index in [1.807, 2.05) is 37.3 Å². The Morgan fingerprint density at radius 2 is 1.81 bits per heavy atom. The number of aryl methyl sites for hydroxylation is 1. The van der Waals surface area contributed by atoms with Crippen molar-refractivity contribution in [1.82, 2.24) is 5.32 Å². The van der Waals surface area contributed by atoms with Crippen LogP contribution in [0.4, 0.5) is 5.69 Å². The van der Waals surface area contributed by atoms with E-state index in [2.05, 4.69) is 5.32 Å². The Labute approximate surface area is 152 Å². The average Bonchev–Trinajstić information content (AvgIpc) is 3.08. The number of fused-ring (bicyclic) bond motifs is 1. The molecule has 6 nitrogen and oxygen atoms in total. The van der Waals surface area contributed by atoms with Crippen molar-refractivity contribution in [2.24, 2.45) is 0 Å². The molecule has 0 radical (unpaired) electrons. The van der Waals surface area contributed by atoms with Gasteiger partial charge in [0.2, 0.25) is 18.6 Å². The first kappa shape index (κ1) is 17.8. The number of hydrogen-bond acceptors (Lipinski definition) is 4. The van der Waals surface area contributed by atoms with Crippen LogP contribution < -0.4 is 19.7 Å². The summed E-state index contributed by atoms with van der Waals surface area (Å²) in [5.41, 5.74) is 2.84. The number of amides is 2. The Balaban J connectivity index is 1.55. The molecule has 0 aromatic heterocycles. The number of nitrogens with one attached hydrogen (secondary N) is 1. The van der Waals surface area contributed by atoms with Crippen LogP contribution in [-0.4, -0.2) is 31.7 Å². The van der Waals surface area contributed by atoms with Gasteiger partial charge < -0.3 is 19.7 Å². The molecular formula is C20H22N2O4. The molecule has 6 heteroatoms. The maximum absolute atomic E-state index is 12.1. The lowest BCUT2D eigenvalue weighted by molar-refractivity contribution is -0.121. The van der Waals surface area contributed by atoms with E-state index in [0.29, 0.717) is 31.0 Å². The summed E-state index contributed by atoms with van der Waals surface area (Å²) in [5, 5.41) is 2.86. The summed E-state index contributed by atoms with van der Waals surface area (Å²) in [5.74, 6) is 1.13. The molecule has 0 spiro atoms. The van der Waals surface area contributed by atoms with E-state index >= 15 is 0 Å². The summed E-state index contributed by atoms with van der Waals surface area (Å²) in [6.07, 6.45) is 0.324. The molecule has 3 rings (SSSR count). The van der Waals surface area contributed by atoms with Crippen LogP contribution in [0.1, 0.15) is 18.1 Å². The number of anilines is 1. The summed E-state index contributed by atoms with van der Waals surface area (Å²) in [7, 11) is 0. The van der Waals surface area contributed by atoms with E-state index < -0.39 is 0 Å². The first-order chi connectivity index (χ1) is 12.5. The standard InChI is InChI=1S/C20H22N2O4/c1-14-3-5-16(6-4-14)11-20(24)21-9-10-22(15(2)23)17-7-8-18-19(12-17)26-13-25-18/h3-8,12H,9-11,13H2,1-2H3,(H,21,24). The summed E-state index contributed by atoms with van der Waals surface area (Å²) >= 11 is 0. The molecule has 26 heavy (non-hydrogen) atoms. The van der Waals surface area contributed by atoms with Gasteiger partial charge in [-0.25, -0.2) is 0 Å². The van der Waals surface area contributed by atoms with Crippen molar-refractivity contribution >= 4 is 17.5 Å². The Morgan fingerprint density at radius 3 is 2.54 bits per heavy atom. The largest absolute Gasteiger partial charge is 0.454 e. The second-order valence-corrected chi connectivity index (χ2v) is 6.22. The first-order valence-corrected chi connectivity index (χ1v) is 8.53. The van der Waals surface area contributed by atoms with Gasteiger partial charge in [-0.15, -0.1) is 0 Å². The van der Waals surface area contributed by atoms with Crippen LogP contribution in [0, 0.1) is 6.92 Å². The minimum atomic E-state index is -0.100. The Bertz CT molecular complexity index is 802. The van der Waals surface area contributed by atoms with Crippen LogP contribution in [0.3, 0.4) is 0 Å². The highest BCUT2D eigenvalue weighted by Gasteiger charge is 2.18. The average molecular weight is 354 g/mol. The number of ether oxygens (including phenoxy) is 2. The third-order valence-corrected chi connectivity index (χ3v) is 4.19. The highest BCUT2D eigenvalue weighted by atomic mass is 16.7. The number of carbonyl (C=O) groups excluding carboxylic acids is 2. The number of carbonyl (C=O) groups is 2. The van der Waals surface area contributed by atoms with Crippen LogP contribution in [-0.2, 0) is 16.0 Å². The fourth-order valence-electron chi connectivity index (χ4n) is 2.78. The molecule has 0 fully saturated rings. The smallest absolute Gasteiger partial charge is 0.231 e. The van der Waals surface area contributed by atoms with E-state index in [9.17, 15) is 9.59 Å². The van der Waals surface area contributed by atoms with Crippen LogP contribution >= 0.6 is 0 Å². The molecule has 136 valence electrons. The normalized spacial score (nSPS) is 11.9. The predicted molar refractivity (Wildman–Crippen MR) is 98.5 cm³/mol. The molecule has 2 aromatic rings. The van der Waals surface area contributed by atoms with Gasteiger partial charge >= 0.3 is 0 Å². The minimum Gasteiger partial charge on any atom is -0.454 e. The van der Waals surface area contributed by atoms with Crippen molar-refractivity contribution in [2.45, 2.75) is 20.3 Å². The quantitative estimate of drug-likeness (QED) is 0.865. The maximum atomic E-state index is 12.1. The van der Waals surface area contributed by atoms with Gasteiger partial charge in [-0.1, -0.05) is 29.8 Å². The van der Waals surface area contributed by atoms with Gasteiger partial charge in [0.15, 0.2) is 11.5 Å². The van der Waals surface area contributed by atoms with Crippen LogP contribution in [0.2, 0.25) is 0 Å². The van der Waals surface area contributed by atoms with Gasteiger partial charge in [-0.05, 0) is 24.6 Å². The zero-order valence-corrected chi connectivity index (χ0v) is 15.0. The number of rotatable bonds is 6. The van der Waals surface area contributed by atoms with Crippen LogP contribution in [0.25, 0.3) is 0 Å². The van der Waals surface area contributed by atoms with Crippen molar-refractivity contribution in [2.75, 3.05) is 24.8 Å². The van der Waals surface area contributed by atoms with Gasteiger partial charge in [-0.3, -0.25) is 9.59 Å². The predicted octanol–water partition coefficient (Wildman–Crippen LogP) is 2.44. The van der Waals surface area contributed by atoms with Gasteiger partial charge in [0.05, 0.1) is 6.42 Å². The molecule has 1 aliphatic heterocycles. The highest BCUT2D eigenvalue weighted by molar-refractivity contribution is 5.92. The fraction of sp³-hybridized carbons (Fsp3) is 0.300. The lowest BCUT2D eigenvalue weighted by Gasteiger charge is -2.21. The van der Waals surface area contributed by atoms with E-state index in [0.717, 1.165) is 16.8 Å². The van der Waals surface area contributed by atoms with Gasteiger partial charge in [-0.2, -0.15) is 0 Å². The maximum Gasteiger partial charge on any atom is 0.231 e. The number of nitrogens with zero attached hydrogens (tertiary/aromatic N) is 1. The molecule has 0 saturated carbocycles. The fourth-order valence-corrected chi connectivity index (χ4v) is 2.78. The highest BCUT2D eigenvalue weighted by Crippen LogP contribution is 2.35. The Kier molecular flexibility index (Phi) is 5.41. The zero-order chi connectivity index (χ0) is 18.5. The van der Waals surface area contributed by atoms with E-state index in [1.165, 1.54) is 6.92 Å². The third-order valence-electron chi connectivity index (χ3n) is 4.19. The first-order valence-electron chi connectivity index (χ1n) is 8.53. The molecule has 1 N–H and O–H groups in total. The topological polar surface area (TPSA) is 67.9 Å². The molecule has 0 unspecified atom stereocenters. The van der Waals surface area contributed by atoms with Crippen LogP contribution in [0.15, 0.2) is 42.5 Å². The van der Waals surface area contributed by atoms with Gasteiger partial charge in [0.1, 0.15) is 0 Å². The Morgan fingerprint density at radius 1 is 1.08 bits per heavy atom. The summed E-state index contributed by atoms with van der Waals surface area (Å²) in [6, 6.07) is 13.2. The van der Waals surface area contributed by atoms with Gasteiger partial charge in [0.25, 0.3) is 0 Å². The monoisotopic (exact) mass is 354 g/mol. The molecular weight excluding hydrogens is 332 g/mol. The van der Waals surface area contributed by atoms with Crippen LogP contribution in [0.5, 0.6) is 11.5 Å². The molecule has 2 aromatic carbocycles. The SMILES string of the molecule is CC(=O)N(CCNC(=O)Cc1ccc(C)cc1)c1ccc2c(c1)OCO2. The van der Waals surface area contributed by atoms with E-state index in [1.54, 1.807) is 17.0 Å². The Hall–Kier alpha value is -3.02. The van der Waals surface area contributed by atoms with Crippen molar-refractivity contribution < 1.29 is 19.1 Å². The molecule has 0 aliphatic carbocycles.